The topological polar surface area (TPSA) is 84.4 Å². The first kappa shape index (κ1) is 44.5. The van der Waals surface area contributed by atoms with Gasteiger partial charge in [0.15, 0.2) is 0 Å². The molecule has 2 N–H and O–H groups in total. The van der Waals surface area contributed by atoms with Crippen molar-refractivity contribution in [1.82, 2.24) is 19.1 Å². The lowest BCUT2D eigenvalue weighted by Gasteiger charge is -2.20. The number of rotatable bonds is 8. The molecule has 0 saturated carbocycles. The maximum Gasteiger partial charge on any atom is 0.0900 e. The summed E-state index contributed by atoms with van der Waals surface area (Å²) in [6, 6.07) is 55.8. The molecule has 66 heavy (non-hydrogen) atoms. The van der Waals surface area contributed by atoms with Gasteiger partial charge >= 0.3 is 0 Å². The molecule has 0 fully saturated rings. The van der Waals surface area contributed by atoms with E-state index in [0.717, 1.165) is 89.7 Å². The number of aromatic nitrogens is 4. The van der Waals surface area contributed by atoms with Crippen LogP contribution in [0.1, 0.15) is 27.7 Å². The van der Waals surface area contributed by atoms with Crippen molar-refractivity contribution in [2.24, 2.45) is 9.98 Å². The first-order valence-corrected chi connectivity index (χ1v) is 23.0. The lowest BCUT2D eigenvalue weighted by molar-refractivity contribution is 0.805. The molecule has 0 saturated heterocycles. The molecule has 328 valence electrons. The van der Waals surface area contributed by atoms with Gasteiger partial charge in [-0.15, -0.1) is 0 Å². The van der Waals surface area contributed by atoms with E-state index in [9.17, 15) is 0 Å². The highest BCUT2D eigenvalue weighted by molar-refractivity contribution is 6.31. The quantitative estimate of drug-likeness (QED) is 0.149. The molecule has 10 rings (SSSR count). The number of nitrogens with one attached hydrogen (secondary N) is 2. The Balaban J connectivity index is 0.000000166. The van der Waals surface area contributed by atoms with Crippen molar-refractivity contribution in [3.05, 3.63) is 201 Å². The molecule has 0 aromatic heterocycles. The van der Waals surface area contributed by atoms with Crippen molar-refractivity contribution >= 4 is 91.2 Å². The van der Waals surface area contributed by atoms with Gasteiger partial charge in [0.1, 0.15) is 0 Å². The predicted molar refractivity (Wildman–Crippen MR) is 276 cm³/mol. The van der Waals surface area contributed by atoms with Crippen molar-refractivity contribution in [3.8, 4) is 34.2 Å². The maximum absolute atomic E-state index is 6.17. The molecule has 12 heteroatoms. The summed E-state index contributed by atoms with van der Waals surface area (Å²) in [4.78, 5) is 19.7. The summed E-state index contributed by atoms with van der Waals surface area (Å²) in [5, 5.41) is 11.5. The van der Waals surface area contributed by atoms with E-state index >= 15 is 0 Å². The van der Waals surface area contributed by atoms with Gasteiger partial charge in [-0.05, 0) is 173 Å². The number of para-hydroxylation sites is 4. The van der Waals surface area contributed by atoms with Gasteiger partial charge in [-0.25, -0.2) is 9.97 Å². The van der Waals surface area contributed by atoms with Crippen molar-refractivity contribution in [1.29, 1.82) is 0 Å². The SMILES string of the molecule is CC(C)/N=c1\cc2n(-c3ccc(Cl)cc3)c3ccccc3nc-2cc1Nc1ccc(Cl)cc1.CC(C)/N=c1\cc2n(-c3ccc(Cl)cc3)c3ccccc3nc-2cc1Nc1ccc(Cl)cc1. The summed E-state index contributed by atoms with van der Waals surface area (Å²) >= 11 is 24.5. The molecule has 8 nitrogen and oxygen atoms in total. The fourth-order valence-electron chi connectivity index (χ4n) is 7.77. The molecule has 0 radical (unpaired) electrons. The largest absolute Gasteiger partial charge is 0.354 e. The summed E-state index contributed by atoms with van der Waals surface area (Å²) < 4.78 is 4.42. The number of nitrogens with zero attached hydrogens (tertiary/aromatic N) is 6. The first-order chi connectivity index (χ1) is 31.9. The minimum atomic E-state index is 0.130. The van der Waals surface area contributed by atoms with Crippen molar-refractivity contribution in [2.45, 2.75) is 39.8 Å². The van der Waals surface area contributed by atoms with Gasteiger partial charge < -0.3 is 19.8 Å². The summed E-state index contributed by atoms with van der Waals surface area (Å²) in [6.45, 7) is 8.29. The van der Waals surface area contributed by atoms with E-state index in [2.05, 4.69) is 83.9 Å². The molecular weight excluding hydrogens is 902 g/mol. The Hall–Kier alpha value is -6.68. The average Bonchev–Trinajstić information content (AvgIpc) is 3.30. The zero-order valence-corrected chi connectivity index (χ0v) is 39.5. The van der Waals surface area contributed by atoms with Crippen LogP contribution in [0.25, 0.3) is 56.2 Å². The average molecular weight is 947 g/mol. The molecule has 4 aliphatic rings. The van der Waals surface area contributed by atoms with Crippen LogP contribution >= 0.6 is 46.4 Å². The van der Waals surface area contributed by atoms with Gasteiger partial charge in [-0.1, -0.05) is 70.7 Å². The monoisotopic (exact) mass is 944 g/mol. The lowest BCUT2D eigenvalue weighted by Crippen LogP contribution is -2.16. The van der Waals surface area contributed by atoms with Crippen molar-refractivity contribution in [3.63, 3.8) is 0 Å². The Bertz CT molecular complexity index is 3170. The fourth-order valence-corrected chi connectivity index (χ4v) is 8.27. The van der Waals surface area contributed by atoms with Gasteiger partial charge in [0, 0.05) is 54.9 Å². The Kier molecular flexibility index (Phi) is 13.1. The van der Waals surface area contributed by atoms with Crippen LogP contribution in [-0.4, -0.2) is 31.2 Å². The van der Waals surface area contributed by atoms with Crippen LogP contribution < -0.4 is 21.3 Å². The zero-order chi connectivity index (χ0) is 45.9. The summed E-state index contributed by atoms with van der Waals surface area (Å²) in [5.74, 6) is 0. The van der Waals surface area contributed by atoms with E-state index in [4.69, 9.17) is 66.4 Å². The Labute approximate surface area is 403 Å². The Morgan fingerprint density at radius 3 is 1.11 bits per heavy atom. The van der Waals surface area contributed by atoms with Gasteiger partial charge in [-0.2, -0.15) is 0 Å². The number of halogens is 4. The second kappa shape index (κ2) is 19.4. The number of hydrogen-bond acceptors (Lipinski definition) is 6. The number of anilines is 4. The van der Waals surface area contributed by atoms with E-state index < -0.39 is 0 Å². The molecule has 6 aromatic rings. The normalized spacial score (nSPS) is 12.1. The molecule has 0 bridgehead atoms. The second-order valence-electron chi connectivity index (χ2n) is 16.3. The summed E-state index contributed by atoms with van der Waals surface area (Å²) in [6.07, 6.45) is 0. The van der Waals surface area contributed by atoms with Crippen LogP contribution in [0.15, 0.2) is 180 Å². The molecule has 0 spiro atoms. The van der Waals surface area contributed by atoms with E-state index in [1.165, 1.54) is 0 Å². The minimum Gasteiger partial charge on any atom is -0.354 e. The summed E-state index contributed by atoms with van der Waals surface area (Å²) in [7, 11) is 0. The molecule has 2 heterocycles. The maximum atomic E-state index is 6.17. The van der Waals surface area contributed by atoms with Crippen LogP contribution in [0.4, 0.5) is 22.7 Å². The lowest BCUT2D eigenvalue weighted by atomic mass is 10.1. The predicted octanol–water partition coefficient (Wildman–Crippen LogP) is 15.0. The minimum absolute atomic E-state index is 0.130. The fraction of sp³-hybridized carbons (Fsp3) is 0.111. The molecule has 2 aliphatic carbocycles. The van der Waals surface area contributed by atoms with Crippen molar-refractivity contribution < 1.29 is 0 Å². The van der Waals surface area contributed by atoms with Crippen molar-refractivity contribution in [2.75, 3.05) is 10.6 Å². The Morgan fingerprint density at radius 2 is 0.758 bits per heavy atom. The highest BCUT2D eigenvalue weighted by atomic mass is 35.5. The number of fused-ring (bicyclic) bond motifs is 4. The molecule has 0 atom stereocenters. The van der Waals surface area contributed by atoms with E-state index in [-0.39, 0.29) is 12.1 Å². The molecule has 0 unspecified atom stereocenters. The highest BCUT2D eigenvalue weighted by Crippen LogP contribution is 2.33. The molecule has 2 aliphatic heterocycles. The molecule has 0 amide bonds. The third kappa shape index (κ3) is 9.93. The Morgan fingerprint density at radius 1 is 0.424 bits per heavy atom. The van der Waals surface area contributed by atoms with Crippen LogP contribution in [0.3, 0.4) is 0 Å². The molecular formula is C54H44Cl4N8. The summed E-state index contributed by atoms with van der Waals surface area (Å²) in [5.41, 5.74) is 13.2. The van der Waals surface area contributed by atoms with E-state index in [0.29, 0.717) is 20.1 Å². The van der Waals surface area contributed by atoms with Crippen LogP contribution in [0.5, 0.6) is 0 Å². The zero-order valence-electron chi connectivity index (χ0n) is 36.5. The van der Waals surface area contributed by atoms with Gasteiger partial charge in [0.2, 0.25) is 0 Å². The van der Waals surface area contributed by atoms with Crippen LogP contribution in [0.2, 0.25) is 20.1 Å². The molecule has 6 aromatic carbocycles. The van der Waals surface area contributed by atoms with E-state index in [1.807, 2.05) is 133 Å². The number of benzene rings is 8. The third-order valence-corrected chi connectivity index (χ3v) is 11.6. The first-order valence-electron chi connectivity index (χ1n) is 21.5. The van der Waals surface area contributed by atoms with Gasteiger partial charge in [0.05, 0.1) is 66.9 Å². The van der Waals surface area contributed by atoms with Crippen LogP contribution in [-0.2, 0) is 0 Å². The van der Waals surface area contributed by atoms with E-state index in [1.54, 1.807) is 0 Å². The van der Waals surface area contributed by atoms with Gasteiger partial charge in [-0.3, -0.25) is 9.98 Å². The van der Waals surface area contributed by atoms with Crippen LogP contribution in [0, 0.1) is 0 Å². The standard InChI is InChI=1S/2C27H22Cl2N4/c2*1-17(2)30-24-16-27-25(15-23(24)31-20-11-7-18(28)8-12-20)32-22-5-3-4-6-26(22)33(27)21-13-9-19(29)10-14-21/h2*3-17,31H,1-2H3/b2*30-24+. The van der Waals surface area contributed by atoms with Gasteiger partial charge in [0.25, 0.3) is 0 Å². The highest BCUT2D eigenvalue weighted by Gasteiger charge is 2.19. The third-order valence-electron chi connectivity index (χ3n) is 10.6. The second-order valence-corrected chi connectivity index (χ2v) is 18.0. The smallest absolute Gasteiger partial charge is 0.0900 e. The number of hydrogen-bond donors (Lipinski definition) is 2.